The molecule has 0 aliphatic heterocycles. The van der Waals surface area contributed by atoms with E-state index in [1.165, 1.54) is 52.1 Å². The van der Waals surface area contributed by atoms with E-state index in [-0.39, 0.29) is 28.7 Å². The van der Waals surface area contributed by atoms with Crippen LogP contribution in [0.3, 0.4) is 0 Å². The van der Waals surface area contributed by atoms with Gasteiger partial charge in [0.1, 0.15) is 5.75 Å². The first kappa shape index (κ1) is 28.0. The highest BCUT2D eigenvalue weighted by Crippen LogP contribution is 2.27. The summed E-state index contributed by atoms with van der Waals surface area (Å²) < 4.78 is 74.4. The number of benzene rings is 2. The van der Waals surface area contributed by atoms with Crippen LogP contribution in [0.2, 0.25) is 0 Å². The van der Waals surface area contributed by atoms with Crippen molar-refractivity contribution in [3.63, 3.8) is 0 Å². The lowest BCUT2D eigenvalue weighted by Gasteiger charge is -2.13. The first-order valence-electron chi connectivity index (χ1n) is 11.5. The van der Waals surface area contributed by atoms with Crippen LogP contribution in [-0.4, -0.2) is 38.2 Å². The van der Waals surface area contributed by atoms with Gasteiger partial charge in [0, 0.05) is 30.1 Å². The van der Waals surface area contributed by atoms with E-state index in [2.05, 4.69) is 24.7 Å². The van der Waals surface area contributed by atoms with Crippen molar-refractivity contribution in [2.75, 3.05) is 0 Å². The Hall–Kier alpha value is -5.01. The van der Waals surface area contributed by atoms with E-state index in [0.29, 0.717) is 16.9 Å². The number of aryl methyl sites for hydroxylation is 1. The topological polar surface area (TPSA) is 110 Å². The van der Waals surface area contributed by atoms with E-state index in [1.54, 1.807) is 32.0 Å². The van der Waals surface area contributed by atoms with Crippen molar-refractivity contribution >= 4 is 11.4 Å². The van der Waals surface area contributed by atoms with Gasteiger partial charge in [0.15, 0.2) is 5.69 Å². The molecule has 0 unspecified atom stereocenters. The van der Waals surface area contributed by atoms with E-state index < -0.39 is 24.2 Å². The van der Waals surface area contributed by atoms with E-state index in [9.17, 15) is 26.7 Å². The average molecular weight is 560 g/mol. The van der Waals surface area contributed by atoms with Gasteiger partial charge in [-0.2, -0.15) is 19.0 Å². The van der Waals surface area contributed by atoms with Gasteiger partial charge in [-0.25, -0.2) is 14.4 Å². The van der Waals surface area contributed by atoms with Crippen molar-refractivity contribution in [2.45, 2.75) is 26.8 Å². The van der Waals surface area contributed by atoms with Gasteiger partial charge in [-0.3, -0.25) is 4.79 Å². The summed E-state index contributed by atoms with van der Waals surface area (Å²) in [6.07, 6.45) is -0.795. The first-order chi connectivity index (χ1) is 18.9. The Bertz CT molecular complexity index is 1640. The van der Waals surface area contributed by atoms with Crippen molar-refractivity contribution in [1.82, 2.24) is 19.6 Å². The summed E-state index contributed by atoms with van der Waals surface area (Å²) in [6, 6.07) is 12.3. The van der Waals surface area contributed by atoms with E-state index >= 15 is 0 Å². The first-order valence-corrected chi connectivity index (χ1v) is 11.5. The molecule has 0 fully saturated rings. The van der Waals surface area contributed by atoms with Crippen LogP contribution in [0.1, 0.15) is 18.2 Å². The molecule has 0 saturated carbocycles. The number of hydrogen-bond acceptors (Lipinski definition) is 7. The summed E-state index contributed by atoms with van der Waals surface area (Å²) in [7, 11) is 0. The molecule has 4 aromatic rings. The second kappa shape index (κ2) is 11.4. The van der Waals surface area contributed by atoms with E-state index in [4.69, 9.17) is 5.73 Å². The van der Waals surface area contributed by atoms with Crippen LogP contribution in [0.25, 0.3) is 11.4 Å². The Morgan fingerprint density at radius 1 is 1.12 bits per heavy atom. The fraction of sp³-hybridized carbons (Fsp3) is 0.154. The minimum Gasteiger partial charge on any atom is -0.417 e. The normalized spacial score (nSPS) is 12.6. The summed E-state index contributed by atoms with van der Waals surface area (Å²) in [5.41, 5.74) is 7.12. The Morgan fingerprint density at radius 3 is 2.58 bits per heavy atom. The molecule has 2 aromatic heterocycles. The van der Waals surface area contributed by atoms with Crippen LogP contribution < -0.4 is 20.6 Å². The standard InChI is InChI=1S/C26H21F5N6O3/c1-15-12-18(37-23(8-10-33-37)39-25(27)28)6-7-21(15)36-11-9-22(38)24(35-36)20(13-16(2)32)34-17-4-3-5-19(14-17)40-26(29,30)31/h3-14,25H,32H2,1-2H3. The number of halogens is 5. The Kier molecular flexibility index (Phi) is 7.98. The molecule has 208 valence electrons. The molecule has 2 aromatic carbocycles. The fourth-order valence-corrected chi connectivity index (χ4v) is 3.67. The number of hydrogen-bond donors (Lipinski definition) is 1. The molecule has 0 bridgehead atoms. The lowest BCUT2D eigenvalue weighted by atomic mass is 10.1. The van der Waals surface area contributed by atoms with Gasteiger partial charge in [0.2, 0.25) is 11.3 Å². The average Bonchev–Trinajstić information content (AvgIpc) is 3.30. The van der Waals surface area contributed by atoms with Crippen LogP contribution in [-0.2, 0) is 0 Å². The van der Waals surface area contributed by atoms with E-state index in [0.717, 1.165) is 12.1 Å². The van der Waals surface area contributed by atoms with Crippen molar-refractivity contribution < 1.29 is 31.4 Å². The summed E-state index contributed by atoms with van der Waals surface area (Å²) in [4.78, 5) is 17.1. The predicted molar refractivity (Wildman–Crippen MR) is 136 cm³/mol. The number of nitrogens with two attached hydrogens (primary N) is 1. The molecule has 0 aliphatic carbocycles. The van der Waals surface area contributed by atoms with Gasteiger partial charge in [-0.1, -0.05) is 6.07 Å². The number of ether oxygens (including phenoxy) is 2. The number of alkyl halides is 5. The number of allylic oxidation sites excluding steroid dienone is 2. The van der Waals surface area contributed by atoms with Crippen LogP contribution in [0.15, 0.2) is 88.6 Å². The SMILES string of the molecule is CC(N)=CC(=Nc1cccc(OC(F)(F)F)c1)c1nn(-c2ccc(-n3nccc3OC(F)F)cc2C)ccc1=O. The van der Waals surface area contributed by atoms with E-state index in [1.807, 2.05) is 0 Å². The predicted octanol–water partition coefficient (Wildman–Crippen LogP) is 5.21. The Balaban J connectivity index is 1.74. The van der Waals surface area contributed by atoms with Crippen LogP contribution in [0, 0.1) is 6.92 Å². The molecule has 14 heteroatoms. The lowest BCUT2D eigenvalue weighted by Crippen LogP contribution is -2.21. The maximum Gasteiger partial charge on any atom is 0.573 e. The quantitative estimate of drug-likeness (QED) is 0.234. The number of nitrogens with zero attached hydrogens (tertiary/aromatic N) is 5. The highest BCUT2D eigenvalue weighted by atomic mass is 19.4. The monoisotopic (exact) mass is 560 g/mol. The number of rotatable bonds is 8. The Morgan fingerprint density at radius 2 is 1.90 bits per heavy atom. The summed E-state index contributed by atoms with van der Waals surface area (Å²) in [5, 5.41) is 8.41. The minimum atomic E-state index is -4.89. The van der Waals surface area contributed by atoms with Gasteiger partial charge in [-0.15, -0.1) is 13.2 Å². The molecule has 0 radical (unpaired) electrons. The van der Waals surface area contributed by atoms with Gasteiger partial charge < -0.3 is 15.2 Å². The second-order valence-corrected chi connectivity index (χ2v) is 8.33. The van der Waals surface area contributed by atoms with Crippen molar-refractivity contribution in [3.05, 3.63) is 100 Å². The number of aromatic nitrogens is 4. The van der Waals surface area contributed by atoms with Crippen LogP contribution >= 0.6 is 0 Å². The van der Waals surface area contributed by atoms with Crippen LogP contribution in [0.4, 0.5) is 27.6 Å². The second-order valence-electron chi connectivity index (χ2n) is 8.33. The molecule has 40 heavy (non-hydrogen) atoms. The molecule has 0 spiro atoms. The third-order valence-corrected chi connectivity index (χ3v) is 5.21. The fourth-order valence-electron chi connectivity index (χ4n) is 3.67. The third kappa shape index (κ3) is 6.89. The molecule has 4 rings (SSSR count). The molecule has 2 heterocycles. The molecule has 0 atom stereocenters. The minimum absolute atomic E-state index is 0.00288. The molecule has 9 nitrogen and oxygen atoms in total. The maximum absolute atomic E-state index is 12.8. The summed E-state index contributed by atoms with van der Waals surface area (Å²) >= 11 is 0. The van der Waals surface area contributed by atoms with Crippen molar-refractivity contribution in [3.8, 4) is 23.0 Å². The molecule has 0 saturated heterocycles. The number of aliphatic imine (C=N–C) groups is 1. The Labute approximate surface area is 223 Å². The van der Waals surface area contributed by atoms with Gasteiger partial charge in [0.25, 0.3) is 0 Å². The van der Waals surface area contributed by atoms with Crippen molar-refractivity contribution in [1.29, 1.82) is 0 Å². The summed E-state index contributed by atoms with van der Waals surface area (Å²) in [6.45, 7) is 0.256. The third-order valence-electron chi connectivity index (χ3n) is 5.21. The highest BCUT2D eigenvalue weighted by Gasteiger charge is 2.31. The molecule has 0 amide bonds. The largest absolute Gasteiger partial charge is 0.573 e. The van der Waals surface area contributed by atoms with Gasteiger partial charge in [-0.05, 0) is 55.8 Å². The zero-order valence-electron chi connectivity index (χ0n) is 20.9. The van der Waals surface area contributed by atoms with Crippen LogP contribution in [0.5, 0.6) is 11.6 Å². The molecule has 0 aliphatic rings. The molecular weight excluding hydrogens is 539 g/mol. The molecular formula is C26H21F5N6O3. The smallest absolute Gasteiger partial charge is 0.417 e. The zero-order valence-corrected chi connectivity index (χ0v) is 20.9. The summed E-state index contributed by atoms with van der Waals surface area (Å²) in [5.74, 6) is -0.643. The van der Waals surface area contributed by atoms with Crippen molar-refractivity contribution in [2.24, 2.45) is 10.7 Å². The maximum atomic E-state index is 12.8. The zero-order chi connectivity index (χ0) is 29.0. The van der Waals surface area contributed by atoms with Gasteiger partial charge >= 0.3 is 13.0 Å². The highest BCUT2D eigenvalue weighted by molar-refractivity contribution is 6.08. The molecule has 2 N–H and O–H groups in total. The van der Waals surface area contributed by atoms with Gasteiger partial charge in [0.05, 0.1) is 29.0 Å². The lowest BCUT2D eigenvalue weighted by molar-refractivity contribution is -0.274.